The van der Waals surface area contributed by atoms with Crippen LogP contribution in [0.25, 0.3) is 0 Å². The lowest BCUT2D eigenvalue weighted by Gasteiger charge is -2.27. The highest BCUT2D eigenvalue weighted by atomic mass is 17.2. The molecule has 1 aromatic rings. The van der Waals surface area contributed by atoms with Gasteiger partial charge in [0.05, 0.1) is 6.10 Å². The van der Waals surface area contributed by atoms with E-state index in [9.17, 15) is 4.79 Å². The van der Waals surface area contributed by atoms with Crippen LogP contribution in [0.3, 0.4) is 0 Å². The van der Waals surface area contributed by atoms with Gasteiger partial charge >= 0.3 is 0 Å². The van der Waals surface area contributed by atoms with Crippen LogP contribution in [-0.2, 0) is 21.0 Å². The normalized spacial score (nSPS) is 25.5. The molecule has 1 aliphatic heterocycles. The molecule has 1 saturated carbocycles. The van der Waals surface area contributed by atoms with E-state index in [4.69, 9.17) is 9.78 Å². The van der Waals surface area contributed by atoms with Gasteiger partial charge in [0.1, 0.15) is 6.10 Å². The Morgan fingerprint density at radius 3 is 2.67 bits per heavy atom. The maximum atomic E-state index is 11.5. The summed E-state index contributed by atoms with van der Waals surface area (Å²) in [5.74, 6) is 1.11. The van der Waals surface area contributed by atoms with Crippen molar-refractivity contribution in [1.82, 2.24) is 5.32 Å². The predicted octanol–water partition coefficient (Wildman–Crippen LogP) is 5.54. The molecule has 1 aromatic carbocycles. The van der Waals surface area contributed by atoms with Gasteiger partial charge in [-0.3, -0.25) is 4.79 Å². The van der Waals surface area contributed by atoms with E-state index in [1.54, 1.807) is 0 Å². The van der Waals surface area contributed by atoms with Crippen LogP contribution in [0, 0.1) is 11.8 Å². The van der Waals surface area contributed by atoms with Crippen molar-refractivity contribution in [3.8, 4) is 0 Å². The van der Waals surface area contributed by atoms with E-state index in [-0.39, 0.29) is 18.1 Å². The number of amides is 1. The first-order valence-electron chi connectivity index (χ1n) is 11.7. The average molecular weight is 412 g/mol. The molecule has 3 rings (SSSR count). The van der Waals surface area contributed by atoms with Crippen LogP contribution in [0.5, 0.6) is 0 Å². The Kier molecular flexibility index (Phi) is 9.65. The number of unbranched alkanes of at least 4 members (excludes halogenated alkanes) is 3. The summed E-state index contributed by atoms with van der Waals surface area (Å²) in [4.78, 5) is 22.5. The number of fused-ring (bicyclic) bond motifs is 2. The van der Waals surface area contributed by atoms with Crippen LogP contribution in [0.15, 0.2) is 54.6 Å². The van der Waals surface area contributed by atoms with Crippen LogP contribution < -0.4 is 5.32 Å². The molecule has 1 aliphatic carbocycles. The molecular weight excluding hydrogens is 374 g/mol. The number of nitrogens with one attached hydrogen (secondary N) is 1. The Morgan fingerprint density at radius 2 is 1.83 bits per heavy atom. The zero-order valence-electron chi connectivity index (χ0n) is 18.3. The molecule has 1 unspecified atom stereocenters. The number of hydrogen-bond donors (Lipinski definition) is 1. The van der Waals surface area contributed by atoms with Crippen LogP contribution in [0.4, 0.5) is 0 Å². The number of carbonyl (C=O) groups excluding carboxylic acids is 1. The highest BCUT2D eigenvalue weighted by molar-refractivity contribution is 5.75. The van der Waals surface area contributed by atoms with Crippen molar-refractivity contribution >= 4 is 5.91 Å². The molecule has 1 heterocycles. The molecule has 1 N–H and O–H groups in total. The molecule has 164 valence electrons. The van der Waals surface area contributed by atoms with E-state index in [2.05, 4.69) is 60.0 Å². The summed E-state index contributed by atoms with van der Waals surface area (Å²) in [5, 5.41) is 2.84. The summed E-state index contributed by atoms with van der Waals surface area (Å²) in [5.41, 5.74) is 1.43. The summed E-state index contributed by atoms with van der Waals surface area (Å²) in [6.07, 6.45) is 18.9. The maximum Gasteiger partial charge on any atom is 0.219 e. The van der Waals surface area contributed by atoms with Gasteiger partial charge in [-0.1, -0.05) is 54.6 Å². The number of benzene rings is 1. The highest BCUT2D eigenvalue weighted by Gasteiger charge is 2.49. The molecule has 1 amide bonds. The Bertz CT molecular complexity index is 685. The van der Waals surface area contributed by atoms with Gasteiger partial charge in [0.25, 0.3) is 0 Å². The number of carbonyl (C=O) groups is 1. The van der Waals surface area contributed by atoms with Crippen molar-refractivity contribution in [2.45, 2.75) is 76.9 Å². The number of allylic oxidation sites excluding steroid dienone is 3. The van der Waals surface area contributed by atoms with E-state index in [0.717, 1.165) is 38.5 Å². The minimum atomic E-state index is 0.151. The molecule has 2 fully saturated rings. The summed E-state index contributed by atoms with van der Waals surface area (Å²) >= 11 is 0. The van der Waals surface area contributed by atoms with Gasteiger partial charge in [-0.15, -0.1) is 0 Å². The fourth-order valence-electron chi connectivity index (χ4n) is 4.54. The van der Waals surface area contributed by atoms with Crippen LogP contribution >= 0.6 is 0 Å². The zero-order chi connectivity index (χ0) is 21.0. The first kappa shape index (κ1) is 22.8. The summed E-state index contributed by atoms with van der Waals surface area (Å²) < 4.78 is 0. The lowest BCUT2D eigenvalue weighted by molar-refractivity contribution is -0.336. The first-order valence-corrected chi connectivity index (χ1v) is 11.7. The average Bonchev–Trinajstić information content (AvgIpc) is 3.36. The third-order valence-electron chi connectivity index (χ3n) is 6.18. The first-order chi connectivity index (χ1) is 14.8. The maximum absolute atomic E-state index is 11.5. The second kappa shape index (κ2) is 12.7. The van der Waals surface area contributed by atoms with Gasteiger partial charge in [-0.05, 0) is 57.4 Å². The van der Waals surface area contributed by atoms with Crippen molar-refractivity contribution in [2.24, 2.45) is 11.8 Å². The molecule has 4 nitrogen and oxygen atoms in total. The van der Waals surface area contributed by atoms with Gasteiger partial charge in [0, 0.05) is 31.2 Å². The fourth-order valence-corrected chi connectivity index (χ4v) is 4.54. The van der Waals surface area contributed by atoms with E-state index >= 15 is 0 Å². The van der Waals surface area contributed by atoms with Crippen molar-refractivity contribution in [3.63, 3.8) is 0 Å². The Labute approximate surface area is 181 Å². The molecular formula is C26H37NO3. The minimum absolute atomic E-state index is 0.151. The smallest absolute Gasteiger partial charge is 0.219 e. The molecule has 4 atom stereocenters. The van der Waals surface area contributed by atoms with Crippen molar-refractivity contribution in [3.05, 3.63) is 60.2 Å². The molecule has 30 heavy (non-hydrogen) atoms. The lowest BCUT2D eigenvalue weighted by Crippen LogP contribution is -2.28. The largest absolute Gasteiger partial charge is 0.356 e. The SMILES string of the molecule is CCNC(=O)CCC/C=C\C[C@@H]1C(/C=C/CCCCc2ccccc2)[C@H]2C[C@@H]1OO2. The third kappa shape index (κ3) is 7.10. The number of rotatable bonds is 13. The monoisotopic (exact) mass is 411 g/mol. The summed E-state index contributed by atoms with van der Waals surface area (Å²) in [6.45, 7) is 2.66. The standard InChI is InChI=1S/C26H37NO3/c1-2-27-26(28)19-13-6-5-12-18-23-22(24-20-25(23)30-29-24)17-11-4-3-8-14-21-15-9-7-10-16-21/h5,7,9-12,15-17,22-25H,2-4,6,8,13-14,18-20H2,1H3,(H,27,28)/b12-5-,17-11+/t22?,23-,24-,25+/m1/s1. The zero-order valence-corrected chi connectivity index (χ0v) is 18.3. The molecule has 0 radical (unpaired) electrons. The van der Waals surface area contributed by atoms with Crippen molar-refractivity contribution in [1.29, 1.82) is 0 Å². The molecule has 0 aromatic heterocycles. The van der Waals surface area contributed by atoms with Crippen LogP contribution in [-0.4, -0.2) is 24.7 Å². The van der Waals surface area contributed by atoms with E-state index in [1.807, 2.05) is 6.92 Å². The number of hydrogen-bond acceptors (Lipinski definition) is 3. The van der Waals surface area contributed by atoms with E-state index in [1.165, 1.54) is 18.4 Å². The highest BCUT2D eigenvalue weighted by Crippen LogP contribution is 2.44. The Balaban J connectivity index is 1.34. The molecule has 1 saturated heterocycles. The lowest BCUT2D eigenvalue weighted by atomic mass is 9.89. The van der Waals surface area contributed by atoms with Gasteiger partial charge in [0.15, 0.2) is 0 Å². The molecule has 2 aliphatic rings. The Morgan fingerprint density at radius 1 is 1.03 bits per heavy atom. The molecule has 4 heteroatoms. The summed E-state index contributed by atoms with van der Waals surface area (Å²) in [6, 6.07) is 10.7. The predicted molar refractivity (Wildman–Crippen MR) is 121 cm³/mol. The number of aryl methyl sites for hydroxylation is 1. The van der Waals surface area contributed by atoms with Gasteiger partial charge in [-0.2, -0.15) is 0 Å². The quantitative estimate of drug-likeness (QED) is 0.263. The van der Waals surface area contributed by atoms with Gasteiger partial charge in [-0.25, -0.2) is 9.78 Å². The van der Waals surface area contributed by atoms with E-state index in [0.29, 0.717) is 24.8 Å². The van der Waals surface area contributed by atoms with Crippen LogP contribution in [0.2, 0.25) is 0 Å². The van der Waals surface area contributed by atoms with Crippen LogP contribution in [0.1, 0.15) is 63.9 Å². The Hall–Kier alpha value is -1.91. The second-order valence-corrected chi connectivity index (χ2v) is 8.46. The van der Waals surface area contributed by atoms with E-state index < -0.39 is 0 Å². The van der Waals surface area contributed by atoms with Crippen molar-refractivity contribution in [2.75, 3.05) is 6.54 Å². The van der Waals surface area contributed by atoms with Crippen molar-refractivity contribution < 1.29 is 14.6 Å². The second-order valence-electron chi connectivity index (χ2n) is 8.46. The topological polar surface area (TPSA) is 47.6 Å². The molecule has 2 bridgehead atoms. The fraction of sp³-hybridized carbons (Fsp3) is 0.577. The summed E-state index contributed by atoms with van der Waals surface area (Å²) in [7, 11) is 0. The molecule has 0 spiro atoms. The van der Waals surface area contributed by atoms with Gasteiger partial charge < -0.3 is 5.32 Å². The van der Waals surface area contributed by atoms with Gasteiger partial charge in [0.2, 0.25) is 5.91 Å². The third-order valence-corrected chi connectivity index (χ3v) is 6.18. The minimum Gasteiger partial charge on any atom is -0.356 e.